The highest BCUT2D eigenvalue weighted by Crippen LogP contribution is 2.38. The Morgan fingerprint density at radius 3 is 2.55 bits per heavy atom. The predicted molar refractivity (Wildman–Crippen MR) is 82.0 cm³/mol. The number of para-hydroxylation sites is 1. The van der Waals surface area contributed by atoms with Crippen molar-refractivity contribution < 1.29 is 9.84 Å². The number of hydrogen-bond acceptors (Lipinski definition) is 3. The zero-order chi connectivity index (χ0) is 14.1. The van der Waals surface area contributed by atoms with Crippen LogP contribution in [-0.4, -0.2) is 12.2 Å². The van der Waals surface area contributed by atoms with Gasteiger partial charge in [-0.1, -0.05) is 30.3 Å². The summed E-state index contributed by atoms with van der Waals surface area (Å²) in [7, 11) is 1.62. The van der Waals surface area contributed by atoms with Gasteiger partial charge in [0.25, 0.3) is 0 Å². The Bertz CT molecular complexity index is 781. The van der Waals surface area contributed by atoms with E-state index in [1.54, 1.807) is 19.2 Å². The first-order valence-electron chi connectivity index (χ1n) is 6.35. The fraction of sp³-hybridized carbons (Fsp3) is 0.0588. The van der Waals surface area contributed by atoms with E-state index < -0.39 is 0 Å². The lowest BCUT2D eigenvalue weighted by Crippen LogP contribution is -1.92. The zero-order valence-corrected chi connectivity index (χ0v) is 11.1. The first kappa shape index (κ1) is 12.4. The molecule has 3 nitrogen and oxygen atoms in total. The normalized spacial score (nSPS) is 10.7. The summed E-state index contributed by atoms with van der Waals surface area (Å²) in [5.74, 6) is 0.955. The third-order valence-electron chi connectivity index (χ3n) is 3.41. The molecule has 3 N–H and O–H groups in total. The van der Waals surface area contributed by atoms with Crippen LogP contribution in [0.2, 0.25) is 0 Å². The van der Waals surface area contributed by atoms with Crippen LogP contribution in [0, 0.1) is 0 Å². The van der Waals surface area contributed by atoms with Gasteiger partial charge in [-0.2, -0.15) is 0 Å². The molecule has 0 bridgehead atoms. The van der Waals surface area contributed by atoms with Crippen LogP contribution in [-0.2, 0) is 0 Å². The molecule has 3 heteroatoms. The van der Waals surface area contributed by atoms with Crippen molar-refractivity contribution in [3.63, 3.8) is 0 Å². The second-order valence-electron chi connectivity index (χ2n) is 4.64. The Morgan fingerprint density at radius 2 is 1.80 bits per heavy atom. The second-order valence-corrected chi connectivity index (χ2v) is 4.64. The van der Waals surface area contributed by atoms with Gasteiger partial charge in [0.1, 0.15) is 11.5 Å². The van der Waals surface area contributed by atoms with E-state index in [1.807, 2.05) is 42.5 Å². The summed E-state index contributed by atoms with van der Waals surface area (Å²) in [6.07, 6.45) is 0. The van der Waals surface area contributed by atoms with Gasteiger partial charge in [-0.3, -0.25) is 0 Å². The summed E-state index contributed by atoms with van der Waals surface area (Å²) in [4.78, 5) is 0. The molecule has 100 valence electrons. The van der Waals surface area contributed by atoms with Crippen LogP contribution in [0.1, 0.15) is 0 Å². The summed E-state index contributed by atoms with van der Waals surface area (Å²) in [5.41, 5.74) is 8.38. The third-order valence-corrected chi connectivity index (χ3v) is 3.41. The van der Waals surface area contributed by atoms with Crippen molar-refractivity contribution in [3.8, 4) is 22.6 Å². The summed E-state index contributed by atoms with van der Waals surface area (Å²) < 4.78 is 5.45. The fourth-order valence-corrected chi connectivity index (χ4v) is 2.45. The number of methoxy groups -OCH3 is 1. The van der Waals surface area contributed by atoms with E-state index in [2.05, 4.69) is 0 Å². The second kappa shape index (κ2) is 4.78. The van der Waals surface area contributed by atoms with E-state index in [0.717, 1.165) is 21.9 Å². The van der Waals surface area contributed by atoms with Crippen LogP contribution in [0.5, 0.6) is 11.5 Å². The number of nitrogen functional groups attached to an aromatic ring is 1. The van der Waals surface area contributed by atoms with Gasteiger partial charge in [0.05, 0.1) is 7.11 Å². The van der Waals surface area contributed by atoms with Gasteiger partial charge in [0.2, 0.25) is 0 Å². The molecule has 0 aliphatic heterocycles. The molecular weight excluding hydrogens is 250 g/mol. The Hall–Kier alpha value is -2.68. The van der Waals surface area contributed by atoms with Crippen molar-refractivity contribution >= 4 is 16.5 Å². The Morgan fingerprint density at radius 1 is 1.00 bits per heavy atom. The van der Waals surface area contributed by atoms with Gasteiger partial charge >= 0.3 is 0 Å². The predicted octanol–water partition coefficient (Wildman–Crippen LogP) is 3.80. The number of anilines is 1. The van der Waals surface area contributed by atoms with Crippen molar-refractivity contribution in [2.45, 2.75) is 0 Å². The van der Waals surface area contributed by atoms with Gasteiger partial charge in [-0.05, 0) is 35.2 Å². The molecule has 0 heterocycles. The number of phenolic OH excluding ortho intramolecular Hbond substituents is 1. The van der Waals surface area contributed by atoms with E-state index in [4.69, 9.17) is 10.5 Å². The number of ether oxygens (including phenoxy) is 1. The summed E-state index contributed by atoms with van der Waals surface area (Å²) in [5, 5.41) is 11.9. The topological polar surface area (TPSA) is 55.5 Å². The van der Waals surface area contributed by atoms with Crippen LogP contribution in [0.4, 0.5) is 5.69 Å². The Balaban J connectivity index is 2.32. The van der Waals surface area contributed by atoms with Crippen LogP contribution in [0.25, 0.3) is 21.9 Å². The molecule has 3 aromatic rings. The molecule has 20 heavy (non-hydrogen) atoms. The number of hydrogen-bond donors (Lipinski definition) is 2. The maximum absolute atomic E-state index is 9.99. The van der Waals surface area contributed by atoms with Crippen LogP contribution < -0.4 is 10.5 Å². The first-order valence-corrected chi connectivity index (χ1v) is 6.35. The summed E-state index contributed by atoms with van der Waals surface area (Å²) >= 11 is 0. The van der Waals surface area contributed by atoms with Crippen molar-refractivity contribution in [1.29, 1.82) is 0 Å². The minimum absolute atomic E-state index is 0.248. The lowest BCUT2D eigenvalue weighted by Gasteiger charge is -2.12. The van der Waals surface area contributed by atoms with Crippen molar-refractivity contribution in [2.75, 3.05) is 12.8 Å². The lowest BCUT2D eigenvalue weighted by atomic mass is 9.99. The maximum Gasteiger partial charge on any atom is 0.129 e. The van der Waals surface area contributed by atoms with Crippen LogP contribution >= 0.6 is 0 Å². The molecule has 0 spiro atoms. The van der Waals surface area contributed by atoms with E-state index in [9.17, 15) is 5.11 Å². The van der Waals surface area contributed by atoms with Gasteiger partial charge in [0, 0.05) is 16.6 Å². The van der Waals surface area contributed by atoms with Gasteiger partial charge < -0.3 is 15.6 Å². The average Bonchev–Trinajstić information content (AvgIpc) is 2.47. The molecular formula is C17H15NO2. The van der Waals surface area contributed by atoms with Crippen molar-refractivity contribution in [1.82, 2.24) is 0 Å². The first-order chi connectivity index (χ1) is 9.70. The average molecular weight is 265 g/mol. The van der Waals surface area contributed by atoms with Crippen LogP contribution in [0.15, 0.2) is 54.6 Å². The molecule has 0 unspecified atom stereocenters. The minimum atomic E-state index is 0.248. The van der Waals surface area contributed by atoms with Crippen molar-refractivity contribution in [2.24, 2.45) is 0 Å². The van der Waals surface area contributed by atoms with Crippen molar-refractivity contribution in [3.05, 3.63) is 54.6 Å². The largest absolute Gasteiger partial charge is 0.507 e. The number of phenols is 1. The van der Waals surface area contributed by atoms with E-state index in [-0.39, 0.29) is 5.75 Å². The molecule has 0 fully saturated rings. The molecule has 0 radical (unpaired) electrons. The SMILES string of the molecule is COc1cc(-c2ccccc2O)cc2cccc(N)c12. The maximum atomic E-state index is 9.99. The minimum Gasteiger partial charge on any atom is -0.507 e. The summed E-state index contributed by atoms with van der Waals surface area (Å²) in [6, 6.07) is 16.9. The zero-order valence-electron chi connectivity index (χ0n) is 11.1. The molecule has 0 aliphatic rings. The van der Waals surface area contributed by atoms with Gasteiger partial charge in [0.15, 0.2) is 0 Å². The number of aromatic hydroxyl groups is 1. The van der Waals surface area contributed by atoms with E-state index in [0.29, 0.717) is 11.4 Å². The highest BCUT2D eigenvalue weighted by molar-refractivity contribution is 6.00. The molecule has 3 aromatic carbocycles. The molecule has 0 amide bonds. The Labute approximate surface area is 117 Å². The molecule has 0 atom stereocenters. The van der Waals surface area contributed by atoms with Gasteiger partial charge in [-0.15, -0.1) is 0 Å². The smallest absolute Gasteiger partial charge is 0.129 e. The Kier molecular flexibility index (Phi) is 2.95. The van der Waals surface area contributed by atoms with E-state index >= 15 is 0 Å². The number of nitrogens with two attached hydrogens (primary N) is 1. The third kappa shape index (κ3) is 1.93. The highest BCUT2D eigenvalue weighted by atomic mass is 16.5. The number of rotatable bonds is 2. The molecule has 0 aromatic heterocycles. The van der Waals surface area contributed by atoms with Gasteiger partial charge in [-0.25, -0.2) is 0 Å². The fourth-order valence-electron chi connectivity index (χ4n) is 2.45. The van der Waals surface area contributed by atoms with E-state index in [1.165, 1.54) is 0 Å². The summed E-state index contributed by atoms with van der Waals surface area (Å²) in [6.45, 7) is 0. The quantitative estimate of drug-likeness (QED) is 0.693. The number of fused-ring (bicyclic) bond motifs is 1. The standard InChI is InChI=1S/C17H15NO2/c1-20-16-10-12(13-6-2-3-8-15(13)19)9-11-5-4-7-14(18)17(11)16/h2-10,19H,18H2,1H3. The number of benzene rings is 3. The monoisotopic (exact) mass is 265 g/mol. The molecule has 0 aliphatic carbocycles. The lowest BCUT2D eigenvalue weighted by molar-refractivity contribution is 0.420. The highest BCUT2D eigenvalue weighted by Gasteiger charge is 2.10. The molecule has 3 rings (SSSR count). The molecule has 0 saturated heterocycles. The molecule has 0 saturated carbocycles. The van der Waals surface area contributed by atoms with Crippen LogP contribution in [0.3, 0.4) is 0 Å².